The summed E-state index contributed by atoms with van der Waals surface area (Å²) in [5.74, 6) is -0.648. The summed E-state index contributed by atoms with van der Waals surface area (Å²) in [5, 5.41) is 12.5. The number of methoxy groups -OCH3 is 1. The minimum absolute atomic E-state index is 0.0140. The van der Waals surface area contributed by atoms with E-state index in [1.165, 1.54) is 7.11 Å². The van der Waals surface area contributed by atoms with Gasteiger partial charge in [0.1, 0.15) is 11.6 Å². The van der Waals surface area contributed by atoms with Gasteiger partial charge in [-0.15, -0.1) is 12.6 Å². The maximum Gasteiger partial charge on any atom is 0.349 e. The summed E-state index contributed by atoms with van der Waals surface area (Å²) in [6.07, 6.45) is 4.42. The summed E-state index contributed by atoms with van der Waals surface area (Å²) >= 11 is 4.63. The van der Waals surface area contributed by atoms with Crippen LogP contribution in [-0.2, 0) is 9.53 Å². The largest absolute Gasteiger partial charge is 0.465 e. The molecule has 0 aliphatic rings. The number of nitrogens with zero attached hydrogens (tertiary/aromatic N) is 1. The van der Waals surface area contributed by atoms with Crippen molar-refractivity contribution in [3.05, 3.63) is 46.8 Å². The molecule has 0 fully saturated rings. The highest BCUT2D eigenvalue weighted by Crippen LogP contribution is 2.22. The molecular weight excluding hydrogens is 306 g/mol. The van der Waals surface area contributed by atoms with Crippen LogP contribution < -0.4 is 10.4 Å². The zero-order chi connectivity index (χ0) is 17.0. The molecular formula is C19H17NO2S. The average Bonchev–Trinajstić information content (AvgIpc) is 2.58. The zero-order valence-corrected chi connectivity index (χ0v) is 14.0. The Labute approximate surface area is 140 Å². The van der Waals surface area contributed by atoms with Crippen LogP contribution in [0, 0.1) is 11.3 Å². The number of thiol groups is 1. The summed E-state index contributed by atoms with van der Waals surface area (Å²) in [6, 6.07) is 9.55. The van der Waals surface area contributed by atoms with Crippen LogP contribution in [-0.4, -0.2) is 13.1 Å². The lowest BCUT2D eigenvalue weighted by molar-refractivity contribution is -0.133. The second-order valence-electron chi connectivity index (χ2n) is 4.89. The second-order valence-corrected chi connectivity index (χ2v) is 5.34. The van der Waals surface area contributed by atoms with Gasteiger partial charge in [-0.2, -0.15) is 5.26 Å². The Morgan fingerprint density at radius 1 is 1.39 bits per heavy atom. The van der Waals surface area contributed by atoms with Crippen molar-refractivity contribution in [2.75, 3.05) is 7.11 Å². The molecule has 4 heteroatoms. The van der Waals surface area contributed by atoms with Gasteiger partial charge in [0, 0.05) is 10.1 Å². The predicted octanol–water partition coefficient (Wildman–Crippen LogP) is 2.81. The van der Waals surface area contributed by atoms with Crippen LogP contribution in [0.15, 0.2) is 35.7 Å². The van der Waals surface area contributed by atoms with Crippen molar-refractivity contribution in [1.29, 1.82) is 5.26 Å². The average molecular weight is 323 g/mol. The van der Waals surface area contributed by atoms with Gasteiger partial charge in [-0.1, -0.05) is 49.9 Å². The lowest BCUT2D eigenvalue weighted by Gasteiger charge is -2.10. The quantitative estimate of drug-likeness (QED) is 0.698. The summed E-state index contributed by atoms with van der Waals surface area (Å²) < 4.78 is 4.79. The SMILES string of the molecule is C=Cc1c(S)c2ccccc2/c(=C(/C#N)C(=O)OC)c1=CCC. The third-order valence-electron chi connectivity index (χ3n) is 3.63. The molecule has 0 saturated heterocycles. The van der Waals surface area contributed by atoms with Gasteiger partial charge in [0.25, 0.3) is 0 Å². The van der Waals surface area contributed by atoms with Crippen LogP contribution in [0.4, 0.5) is 0 Å². The maximum atomic E-state index is 12.1. The number of carbonyl (C=O) groups excluding carboxylic acids is 1. The highest BCUT2D eigenvalue weighted by molar-refractivity contribution is 7.80. The molecule has 0 spiro atoms. The monoisotopic (exact) mass is 323 g/mol. The molecule has 0 unspecified atom stereocenters. The number of carbonyl (C=O) groups is 1. The predicted molar refractivity (Wildman–Crippen MR) is 96.3 cm³/mol. The Hall–Kier alpha value is -2.51. The molecule has 0 N–H and O–H groups in total. The Kier molecular flexibility index (Phi) is 5.25. The fraction of sp³-hybridized carbons (Fsp3) is 0.158. The lowest BCUT2D eigenvalue weighted by atomic mass is 9.97. The van der Waals surface area contributed by atoms with E-state index >= 15 is 0 Å². The number of nitriles is 1. The number of hydrogen-bond donors (Lipinski definition) is 1. The normalized spacial score (nSPS) is 12.7. The minimum atomic E-state index is -0.648. The van der Waals surface area contributed by atoms with Crippen LogP contribution in [0.2, 0.25) is 0 Å². The summed E-state index contributed by atoms with van der Waals surface area (Å²) in [6.45, 7) is 5.85. The summed E-state index contributed by atoms with van der Waals surface area (Å²) in [4.78, 5) is 12.9. The first-order chi connectivity index (χ1) is 11.1. The van der Waals surface area contributed by atoms with Crippen molar-refractivity contribution < 1.29 is 9.53 Å². The van der Waals surface area contributed by atoms with Crippen molar-refractivity contribution in [2.24, 2.45) is 0 Å². The van der Waals surface area contributed by atoms with Crippen LogP contribution >= 0.6 is 12.6 Å². The fourth-order valence-corrected chi connectivity index (χ4v) is 3.06. The van der Waals surface area contributed by atoms with Crippen LogP contribution in [0.1, 0.15) is 18.9 Å². The molecule has 0 heterocycles. The number of rotatable bonds is 3. The Morgan fingerprint density at radius 2 is 2.04 bits per heavy atom. The van der Waals surface area contributed by atoms with E-state index in [-0.39, 0.29) is 5.57 Å². The molecule has 0 saturated carbocycles. The molecule has 0 aromatic heterocycles. The first-order valence-corrected chi connectivity index (χ1v) is 7.64. The van der Waals surface area contributed by atoms with Gasteiger partial charge >= 0.3 is 5.97 Å². The van der Waals surface area contributed by atoms with E-state index in [0.717, 1.165) is 32.9 Å². The van der Waals surface area contributed by atoms with E-state index in [2.05, 4.69) is 19.2 Å². The Balaban J connectivity index is 3.32. The van der Waals surface area contributed by atoms with E-state index < -0.39 is 5.97 Å². The maximum absolute atomic E-state index is 12.1. The molecule has 23 heavy (non-hydrogen) atoms. The van der Waals surface area contributed by atoms with Gasteiger partial charge in [0.05, 0.1) is 7.11 Å². The zero-order valence-electron chi connectivity index (χ0n) is 13.1. The molecule has 0 radical (unpaired) electrons. The van der Waals surface area contributed by atoms with E-state index in [0.29, 0.717) is 5.22 Å². The van der Waals surface area contributed by atoms with Crippen molar-refractivity contribution in [3.63, 3.8) is 0 Å². The van der Waals surface area contributed by atoms with Gasteiger partial charge < -0.3 is 4.74 Å². The molecule has 0 bridgehead atoms. The van der Waals surface area contributed by atoms with E-state index in [9.17, 15) is 10.1 Å². The van der Waals surface area contributed by atoms with E-state index in [4.69, 9.17) is 4.74 Å². The summed E-state index contributed by atoms with van der Waals surface area (Å²) in [7, 11) is 1.27. The number of fused-ring (bicyclic) bond motifs is 1. The van der Waals surface area contributed by atoms with E-state index in [1.807, 2.05) is 43.3 Å². The van der Waals surface area contributed by atoms with Gasteiger partial charge in [-0.3, -0.25) is 0 Å². The first kappa shape index (κ1) is 16.9. The topological polar surface area (TPSA) is 50.1 Å². The van der Waals surface area contributed by atoms with Crippen LogP contribution in [0.25, 0.3) is 28.5 Å². The number of benzene rings is 2. The Morgan fingerprint density at radius 3 is 2.57 bits per heavy atom. The number of ether oxygens (including phenoxy) is 1. The lowest BCUT2D eigenvalue weighted by Crippen LogP contribution is -2.33. The molecule has 0 atom stereocenters. The first-order valence-electron chi connectivity index (χ1n) is 7.19. The molecule has 116 valence electrons. The highest BCUT2D eigenvalue weighted by Gasteiger charge is 2.15. The molecule has 0 aliphatic heterocycles. The van der Waals surface area contributed by atoms with Gasteiger partial charge in [-0.05, 0) is 28.0 Å². The number of esters is 1. The molecule has 2 rings (SSSR count). The van der Waals surface area contributed by atoms with Crippen LogP contribution in [0.3, 0.4) is 0 Å². The van der Waals surface area contributed by atoms with Crippen molar-refractivity contribution in [3.8, 4) is 6.07 Å². The smallest absolute Gasteiger partial charge is 0.349 e. The second kappa shape index (κ2) is 7.17. The van der Waals surface area contributed by atoms with E-state index in [1.54, 1.807) is 6.08 Å². The van der Waals surface area contributed by atoms with Crippen molar-refractivity contribution in [1.82, 2.24) is 0 Å². The third kappa shape index (κ3) is 2.88. The standard InChI is InChI=1S/C19H17NO2S/c1-4-8-13-12(5-2)18(23)15-10-7-6-9-14(15)17(13)16(11-20)19(21)22-3/h5-10,23H,2,4H2,1,3H3/b13-8?,17-16-. The minimum Gasteiger partial charge on any atom is -0.465 e. The molecule has 2 aromatic carbocycles. The van der Waals surface area contributed by atoms with Gasteiger partial charge in [-0.25, -0.2) is 4.79 Å². The van der Waals surface area contributed by atoms with Crippen molar-refractivity contribution >= 4 is 47.1 Å². The number of hydrogen-bond acceptors (Lipinski definition) is 4. The highest BCUT2D eigenvalue weighted by atomic mass is 32.1. The molecule has 0 amide bonds. The summed E-state index contributed by atoms with van der Waals surface area (Å²) in [5.41, 5.74) is 0.792. The van der Waals surface area contributed by atoms with Crippen LogP contribution in [0.5, 0.6) is 0 Å². The Bertz CT molecular complexity index is 952. The third-order valence-corrected chi connectivity index (χ3v) is 4.11. The molecule has 0 aliphatic carbocycles. The molecule has 2 aromatic rings. The van der Waals surface area contributed by atoms with Crippen molar-refractivity contribution in [2.45, 2.75) is 18.2 Å². The fourth-order valence-electron chi connectivity index (χ4n) is 2.66. The molecule has 3 nitrogen and oxygen atoms in total. The van der Waals surface area contributed by atoms with Gasteiger partial charge in [0.15, 0.2) is 0 Å². The van der Waals surface area contributed by atoms with Gasteiger partial charge in [0.2, 0.25) is 0 Å².